The monoisotopic (exact) mass is 227 g/mol. The predicted molar refractivity (Wildman–Crippen MR) is 69.3 cm³/mol. The summed E-state index contributed by atoms with van der Waals surface area (Å²) in [4.78, 5) is 2.20. The van der Waals surface area contributed by atoms with Crippen LogP contribution in [0.5, 0.6) is 0 Å². The van der Waals surface area contributed by atoms with Crippen LogP contribution < -0.4 is 5.32 Å². The zero-order chi connectivity index (χ0) is 11.9. The van der Waals surface area contributed by atoms with Crippen LogP contribution in [0.15, 0.2) is 36.4 Å². The molecule has 17 heavy (non-hydrogen) atoms. The third-order valence-electron chi connectivity index (χ3n) is 2.95. The Kier molecular flexibility index (Phi) is 4.31. The first-order valence-electron chi connectivity index (χ1n) is 5.96. The maximum atomic E-state index is 9.02. The van der Waals surface area contributed by atoms with E-state index in [9.17, 15) is 0 Å². The fourth-order valence-corrected chi connectivity index (χ4v) is 1.98. The SMILES string of the molecule is N#CC1CNCCN1CC=Cc1ccccc1. The number of hydrogen-bond donors (Lipinski definition) is 1. The fraction of sp³-hybridized carbons (Fsp3) is 0.357. The maximum absolute atomic E-state index is 9.02. The van der Waals surface area contributed by atoms with E-state index in [4.69, 9.17) is 5.26 Å². The Bertz CT molecular complexity index is 405. The van der Waals surface area contributed by atoms with Crippen molar-refractivity contribution in [2.75, 3.05) is 26.2 Å². The summed E-state index contributed by atoms with van der Waals surface area (Å²) in [5.74, 6) is 0. The summed E-state index contributed by atoms with van der Waals surface area (Å²) in [7, 11) is 0. The molecule has 1 fully saturated rings. The lowest BCUT2D eigenvalue weighted by atomic mass is 10.2. The van der Waals surface area contributed by atoms with Gasteiger partial charge < -0.3 is 5.32 Å². The molecule has 1 saturated heterocycles. The molecule has 1 heterocycles. The van der Waals surface area contributed by atoms with E-state index in [2.05, 4.69) is 40.6 Å². The molecule has 0 aromatic heterocycles. The van der Waals surface area contributed by atoms with Crippen molar-refractivity contribution >= 4 is 6.08 Å². The molecule has 0 amide bonds. The van der Waals surface area contributed by atoms with Crippen LogP contribution in [0.25, 0.3) is 6.08 Å². The van der Waals surface area contributed by atoms with E-state index < -0.39 is 0 Å². The summed E-state index contributed by atoms with van der Waals surface area (Å²) in [5.41, 5.74) is 1.20. The Labute approximate surface area is 102 Å². The standard InChI is InChI=1S/C14H17N3/c15-11-14-12-16-8-10-17(14)9-4-7-13-5-2-1-3-6-13/h1-7,14,16H,8-10,12H2. The van der Waals surface area contributed by atoms with Gasteiger partial charge in [0.1, 0.15) is 6.04 Å². The molecule has 3 nitrogen and oxygen atoms in total. The summed E-state index contributed by atoms with van der Waals surface area (Å²) >= 11 is 0. The largest absolute Gasteiger partial charge is 0.313 e. The zero-order valence-electron chi connectivity index (χ0n) is 9.84. The second-order valence-electron chi connectivity index (χ2n) is 4.16. The highest BCUT2D eigenvalue weighted by Gasteiger charge is 2.19. The Morgan fingerprint density at radius 3 is 3.00 bits per heavy atom. The molecule has 0 spiro atoms. The van der Waals surface area contributed by atoms with Crippen LogP contribution in [0.2, 0.25) is 0 Å². The number of benzene rings is 1. The molecule has 0 radical (unpaired) electrons. The average molecular weight is 227 g/mol. The van der Waals surface area contributed by atoms with Crippen LogP contribution in [0.1, 0.15) is 5.56 Å². The molecule has 1 aliphatic heterocycles. The molecule has 0 aliphatic carbocycles. The number of piperazine rings is 1. The van der Waals surface area contributed by atoms with Gasteiger partial charge in [-0.2, -0.15) is 5.26 Å². The molecule has 1 N–H and O–H groups in total. The van der Waals surface area contributed by atoms with Crippen LogP contribution in [-0.2, 0) is 0 Å². The van der Waals surface area contributed by atoms with E-state index in [1.807, 2.05) is 18.2 Å². The number of nitriles is 1. The first-order chi connectivity index (χ1) is 8.40. The van der Waals surface area contributed by atoms with Crippen LogP contribution in [0, 0.1) is 11.3 Å². The number of rotatable bonds is 3. The minimum atomic E-state index is 0.00386. The Hall–Kier alpha value is -1.63. The third kappa shape index (κ3) is 3.42. The molecule has 3 heteroatoms. The molecule has 1 unspecified atom stereocenters. The molecule has 88 valence electrons. The van der Waals surface area contributed by atoms with Crippen LogP contribution >= 0.6 is 0 Å². The summed E-state index contributed by atoms with van der Waals surface area (Å²) in [5, 5.41) is 12.3. The van der Waals surface area contributed by atoms with E-state index >= 15 is 0 Å². The lowest BCUT2D eigenvalue weighted by Gasteiger charge is -2.30. The number of nitrogens with one attached hydrogen (secondary N) is 1. The summed E-state index contributed by atoms with van der Waals surface area (Å²) in [6.07, 6.45) is 4.24. The molecule has 2 rings (SSSR count). The van der Waals surface area contributed by atoms with E-state index in [1.165, 1.54) is 5.56 Å². The maximum Gasteiger partial charge on any atom is 0.111 e. The van der Waals surface area contributed by atoms with Crippen molar-refractivity contribution in [1.29, 1.82) is 5.26 Å². The van der Waals surface area contributed by atoms with Gasteiger partial charge in [0.15, 0.2) is 0 Å². The molecule has 1 aromatic carbocycles. The highest BCUT2D eigenvalue weighted by atomic mass is 15.2. The van der Waals surface area contributed by atoms with Crippen LogP contribution in [-0.4, -0.2) is 37.1 Å². The first kappa shape index (κ1) is 11.8. The summed E-state index contributed by atoms with van der Waals surface area (Å²) < 4.78 is 0. The van der Waals surface area contributed by atoms with Gasteiger partial charge in [0.25, 0.3) is 0 Å². The third-order valence-corrected chi connectivity index (χ3v) is 2.95. The molecular weight excluding hydrogens is 210 g/mol. The van der Waals surface area contributed by atoms with Crippen molar-refractivity contribution in [1.82, 2.24) is 10.2 Å². The van der Waals surface area contributed by atoms with Crippen molar-refractivity contribution in [3.8, 4) is 6.07 Å². The van der Waals surface area contributed by atoms with Crippen molar-refractivity contribution in [2.24, 2.45) is 0 Å². The topological polar surface area (TPSA) is 39.1 Å². The summed E-state index contributed by atoms with van der Waals surface area (Å²) in [6.45, 7) is 3.53. The van der Waals surface area contributed by atoms with Gasteiger partial charge in [-0.1, -0.05) is 42.5 Å². The average Bonchev–Trinajstić information content (AvgIpc) is 2.40. The van der Waals surface area contributed by atoms with Gasteiger partial charge in [-0.25, -0.2) is 0 Å². The van der Waals surface area contributed by atoms with Crippen LogP contribution in [0.4, 0.5) is 0 Å². The Morgan fingerprint density at radius 2 is 2.24 bits per heavy atom. The minimum Gasteiger partial charge on any atom is -0.313 e. The molecule has 1 aromatic rings. The van der Waals surface area contributed by atoms with Gasteiger partial charge in [-0.3, -0.25) is 4.90 Å². The predicted octanol–water partition coefficient (Wildman–Crippen LogP) is 1.50. The zero-order valence-corrected chi connectivity index (χ0v) is 9.84. The second kappa shape index (κ2) is 6.19. The number of nitrogens with zero attached hydrogens (tertiary/aromatic N) is 2. The molecule has 1 aliphatic rings. The van der Waals surface area contributed by atoms with Gasteiger partial charge in [-0.05, 0) is 5.56 Å². The smallest absolute Gasteiger partial charge is 0.111 e. The summed E-state index contributed by atoms with van der Waals surface area (Å²) in [6, 6.07) is 12.6. The highest BCUT2D eigenvalue weighted by Crippen LogP contribution is 2.04. The molecule has 1 atom stereocenters. The molecule has 0 saturated carbocycles. The molecule has 0 bridgehead atoms. The van der Waals surface area contributed by atoms with E-state index in [-0.39, 0.29) is 6.04 Å². The van der Waals surface area contributed by atoms with Crippen molar-refractivity contribution in [2.45, 2.75) is 6.04 Å². The van der Waals surface area contributed by atoms with Crippen molar-refractivity contribution < 1.29 is 0 Å². The van der Waals surface area contributed by atoms with Gasteiger partial charge in [-0.15, -0.1) is 0 Å². The quantitative estimate of drug-likeness (QED) is 0.850. The van der Waals surface area contributed by atoms with Crippen molar-refractivity contribution in [3.05, 3.63) is 42.0 Å². The normalized spacial score (nSPS) is 21.5. The van der Waals surface area contributed by atoms with E-state index in [1.54, 1.807) is 0 Å². The van der Waals surface area contributed by atoms with E-state index in [0.717, 1.165) is 26.2 Å². The Balaban J connectivity index is 1.89. The number of hydrogen-bond acceptors (Lipinski definition) is 3. The lowest BCUT2D eigenvalue weighted by Crippen LogP contribution is -2.50. The lowest BCUT2D eigenvalue weighted by molar-refractivity contribution is 0.218. The fourth-order valence-electron chi connectivity index (χ4n) is 1.98. The minimum absolute atomic E-state index is 0.00386. The van der Waals surface area contributed by atoms with Gasteiger partial charge in [0.05, 0.1) is 6.07 Å². The van der Waals surface area contributed by atoms with Gasteiger partial charge in [0.2, 0.25) is 0 Å². The highest BCUT2D eigenvalue weighted by molar-refractivity contribution is 5.48. The Morgan fingerprint density at radius 1 is 1.41 bits per heavy atom. The first-order valence-corrected chi connectivity index (χ1v) is 5.96. The molecular formula is C14H17N3. The van der Waals surface area contributed by atoms with E-state index in [0.29, 0.717) is 0 Å². The van der Waals surface area contributed by atoms with Gasteiger partial charge in [0, 0.05) is 26.2 Å². The van der Waals surface area contributed by atoms with Crippen molar-refractivity contribution in [3.63, 3.8) is 0 Å². The second-order valence-corrected chi connectivity index (χ2v) is 4.16. The van der Waals surface area contributed by atoms with Crippen LogP contribution in [0.3, 0.4) is 0 Å². The van der Waals surface area contributed by atoms with Gasteiger partial charge >= 0.3 is 0 Å².